The first-order valence-corrected chi connectivity index (χ1v) is 9.20. The predicted octanol–water partition coefficient (Wildman–Crippen LogP) is 3.87. The van der Waals surface area contributed by atoms with Crippen molar-refractivity contribution in [3.05, 3.63) is 83.9 Å². The van der Waals surface area contributed by atoms with Gasteiger partial charge in [-0.2, -0.15) is 0 Å². The molecule has 0 bridgehead atoms. The Balaban J connectivity index is 1.68. The van der Waals surface area contributed by atoms with Gasteiger partial charge in [-0.05, 0) is 41.3 Å². The zero-order valence-corrected chi connectivity index (χ0v) is 15.8. The first-order chi connectivity index (χ1) is 14.0. The van der Waals surface area contributed by atoms with Gasteiger partial charge in [0.25, 0.3) is 0 Å². The van der Waals surface area contributed by atoms with E-state index in [0.29, 0.717) is 17.9 Å². The normalized spacial score (nSPS) is 10.4. The molecule has 6 nitrogen and oxygen atoms in total. The third-order valence-corrected chi connectivity index (χ3v) is 4.40. The minimum Gasteiger partial charge on any atom is -0.410 e. The number of rotatable bonds is 7. The minimum absolute atomic E-state index is 0.0388. The van der Waals surface area contributed by atoms with E-state index in [-0.39, 0.29) is 18.9 Å². The Morgan fingerprint density at radius 1 is 0.931 bits per heavy atom. The average molecular weight is 390 g/mol. The molecule has 3 rings (SSSR count). The van der Waals surface area contributed by atoms with Crippen molar-refractivity contribution in [3.63, 3.8) is 0 Å². The number of amides is 2. The lowest BCUT2D eigenvalue weighted by Crippen LogP contribution is -2.17. The Morgan fingerprint density at radius 3 is 2.28 bits per heavy atom. The second-order valence-corrected chi connectivity index (χ2v) is 6.52. The highest BCUT2D eigenvalue weighted by atomic mass is 16.5. The van der Waals surface area contributed by atoms with Crippen molar-refractivity contribution < 1.29 is 19.4 Å². The fourth-order valence-electron chi connectivity index (χ4n) is 2.95. The maximum atomic E-state index is 12.2. The van der Waals surface area contributed by atoms with Crippen molar-refractivity contribution in [2.24, 2.45) is 5.73 Å². The number of nitrogens with one attached hydrogen (secondary N) is 1. The number of aliphatic hydroxyl groups is 1. The number of benzene rings is 3. The highest BCUT2D eigenvalue weighted by Gasteiger charge is 2.11. The number of carbonyl (C=O) groups is 2. The number of aryl methyl sites for hydroxylation is 1. The molecule has 29 heavy (non-hydrogen) atoms. The van der Waals surface area contributed by atoms with Crippen molar-refractivity contribution in [2.75, 3.05) is 5.32 Å². The van der Waals surface area contributed by atoms with Crippen molar-refractivity contribution in [2.45, 2.75) is 19.4 Å². The molecule has 0 fully saturated rings. The van der Waals surface area contributed by atoms with Crippen LogP contribution in [0.5, 0.6) is 5.75 Å². The number of anilines is 1. The highest BCUT2D eigenvalue weighted by molar-refractivity contribution is 5.90. The zero-order valence-electron chi connectivity index (χ0n) is 15.8. The molecular formula is C23H22N2O4. The Hall–Kier alpha value is -3.64. The number of nitrogens with two attached hydrogens (primary N) is 1. The van der Waals surface area contributed by atoms with Gasteiger partial charge in [-0.1, -0.05) is 54.6 Å². The zero-order chi connectivity index (χ0) is 20.6. The van der Waals surface area contributed by atoms with Crippen molar-refractivity contribution in [1.82, 2.24) is 0 Å². The first kappa shape index (κ1) is 20.1. The van der Waals surface area contributed by atoms with Gasteiger partial charge in [0.1, 0.15) is 5.75 Å². The van der Waals surface area contributed by atoms with E-state index in [1.165, 1.54) is 0 Å². The predicted molar refractivity (Wildman–Crippen MR) is 111 cm³/mol. The molecule has 0 radical (unpaired) electrons. The summed E-state index contributed by atoms with van der Waals surface area (Å²) in [6.07, 6.45) is -0.142. The topological polar surface area (TPSA) is 102 Å². The van der Waals surface area contributed by atoms with E-state index in [9.17, 15) is 9.59 Å². The summed E-state index contributed by atoms with van der Waals surface area (Å²) in [5.41, 5.74) is 9.17. The lowest BCUT2D eigenvalue weighted by molar-refractivity contribution is -0.116. The Kier molecular flexibility index (Phi) is 6.60. The fourth-order valence-corrected chi connectivity index (χ4v) is 2.95. The summed E-state index contributed by atoms with van der Waals surface area (Å²) < 4.78 is 5.18. The van der Waals surface area contributed by atoms with Crippen LogP contribution in [0.1, 0.15) is 17.5 Å². The summed E-state index contributed by atoms with van der Waals surface area (Å²) in [7, 11) is 0. The third kappa shape index (κ3) is 5.67. The van der Waals surface area contributed by atoms with E-state index in [1.807, 2.05) is 42.5 Å². The number of primary amides is 1. The number of ether oxygens (including phenoxy) is 1. The van der Waals surface area contributed by atoms with E-state index in [4.69, 9.17) is 15.6 Å². The van der Waals surface area contributed by atoms with Gasteiger partial charge in [0, 0.05) is 17.7 Å². The van der Waals surface area contributed by atoms with E-state index in [1.54, 1.807) is 30.3 Å². The molecule has 0 heterocycles. The van der Waals surface area contributed by atoms with Crippen LogP contribution in [0.25, 0.3) is 11.1 Å². The van der Waals surface area contributed by atoms with Crippen LogP contribution in [-0.4, -0.2) is 17.1 Å². The molecule has 0 aliphatic heterocycles. The molecule has 2 amide bonds. The number of aliphatic hydroxyl groups excluding tert-OH is 1. The molecule has 0 saturated carbocycles. The largest absolute Gasteiger partial charge is 0.410 e. The molecular weight excluding hydrogens is 368 g/mol. The van der Waals surface area contributed by atoms with Crippen LogP contribution in [0.2, 0.25) is 0 Å². The van der Waals surface area contributed by atoms with Crippen LogP contribution >= 0.6 is 0 Å². The first-order valence-electron chi connectivity index (χ1n) is 9.20. The smallest absolute Gasteiger partial charge is 0.409 e. The van der Waals surface area contributed by atoms with E-state index in [2.05, 4.69) is 5.32 Å². The maximum absolute atomic E-state index is 12.2. The van der Waals surface area contributed by atoms with Crippen LogP contribution in [0.15, 0.2) is 72.8 Å². The lowest BCUT2D eigenvalue weighted by Gasteiger charge is -2.11. The molecule has 3 aromatic rings. The lowest BCUT2D eigenvalue weighted by atomic mass is 10.0. The number of hydrogen-bond donors (Lipinski definition) is 3. The van der Waals surface area contributed by atoms with E-state index >= 15 is 0 Å². The monoisotopic (exact) mass is 390 g/mol. The summed E-state index contributed by atoms with van der Waals surface area (Å²) in [5, 5.41) is 11.9. The van der Waals surface area contributed by atoms with E-state index < -0.39 is 6.09 Å². The van der Waals surface area contributed by atoms with Gasteiger partial charge in [-0.25, -0.2) is 4.79 Å². The summed E-state index contributed by atoms with van der Waals surface area (Å²) >= 11 is 0. The summed E-state index contributed by atoms with van der Waals surface area (Å²) in [5.74, 6) is 0.229. The quantitative estimate of drug-likeness (QED) is 0.570. The van der Waals surface area contributed by atoms with Gasteiger partial charge >= 0.3 is 6.09 Å². The van der Waals surface area contributed by atoms with Gasteiger partial charge in [0.2, 0.25) is 5.91 Å². The molecule has 0 unspecified atom stereocenters. The van der Waals surface area contributed by atoms with Crippen molar-refractivity contribution in [3.8, 4) is 16.9 Å². The number of carbonyl (C=O) groups excluding carboxylic acids is 2. The molecule has 0 aliphatic carbocycles. The van der Waals surface area contributed by atoms with E-state index in [0.717, 1.165) is 22.3 Å². The highest BCUT2D eigenvalue weighted by Crippen LogP contribution is 2.31. The molecule has 0 saturated heterocycles. The molecule has 148 valence electrons. The molecule has 0 atom stereocenters. The van der Waals surface area contributed by atoms with Crippen LogP contribution in [0.4, 0.5) is 10.5 Å². The summed E-state index contributed by atoms with van der Waals surface area (Å²) in [6.45, 7) is -0.0388. The molecule has 0 aliphatic rings. The molecule has 6 heteroatoms. The van der Waals surface area contributed by atoms with Crippen LogP contribution < -0.4 is 15.8 Å². The summed E-state index contributed by atoms with van der Waals surface area (Å²) in [4.78, 5) is 23.5. The molecule has 4 N–H and O–H groups in total. The second kappa shape index (κ2) is 9.52. The maximum Gasteiger partial charge on any atom is 0.409 e. The van der Waals surface area contributed by atoms with Gasteiger partial charge in [0.15, 0.2) is 0 Å². The van der Waals surface area contributed by atoms with Crippen LogP contribution in [0.3, 0.4) is 0 Å². The molecule has 0 spiro atoms. The van der Waals surface area contributed by atoms with Gasteiger partial charge in [-0.15, -0.1) is 0 Å². The molecule has 0 aromatic heterocycles. The summed E-state index contributed by atoms with van der Waals surface area (Å²) in [6, 6.07) is 22.0. The van der Waals surface area contributed by atoms with Crippen molar-refractivity contribution in [1.29, 1.82) is 0 Å². The standard InChI is InChI=1S/C23H22N2O4/c24-23(28)29-21-14-16(8-12-20(21)18-4-2-1-3-5-18)9-13-22(27)25-19-10-6-17(15-26)7-11-19/h1-8,10-12,14,26H,9,13,15H2,(H2,24,28)(H,25,27). The van der Waals surface area contributed by atoms with Gasteiger partial charge in [-0.3, -0.25) is 4.79 Å². The van der Waals surface area contributed by atoms with Gasteiger partial charge < -0.3 is 20.9 Å². The SMILES string of the molecule is NC(=O)Oc1cc(CCC(=O)Nc2ccc(CO)cc2)ccc1-c1ccccc1. The second-order valence-electron chi connectivity index (χ2n) is 6.52. The van der Waals surface area contributed by atoms with Crippen molar-refractivity contribution >= 4 is 17.7 Å². The average Bonchev–Trinajstić information content (AvgIpc) is 2.73. The third-order valence-electron chi connectivity index (χ3n) is 4.40. The van der Waals surface area contributed by atoms with Crippen LogP contribution in [0, 0.1) is 0 Å². The van der Waals surface area contributed by atoms with Gasteiger partial charge in [0.05, 0.1) is 6.61 Å². The Morgan fingerprint density at radius 2 is 1.62 bits per heavy atom. The minimum atomic E-state index is -0.886. The Bertz CT molecular complexity index is 986. The molecule has 3 aromatic carbocycles. The van der Waals surface area contributed by atoms with Crippen LogP contribution in [-0.2, 0) is 17.8 Å². The fraction of sp³-hybridized carbons (Fsp3) is 0.130. The Labute approximate surface area is 168 Å². The number of hydrogen-bond acceptors (Lipinski definition) is 4.